The first-order valence-corrected chi connectivity index (χ1v) is 9.27. The van der Waals surface area contributed by atoms with Crippen molar-refractivity contribution in [1.82, 2.24) is 4.98 Å². The molecule has 1 atom stereocenters. The van der Waals surface area contributed by atoms with Crippen molar-refractivity contribution in [3.05, 3.63) is 77.6 Å². The van der Waals surface area contributed by atoms with E-state index >= 15 is 0 Å². The molecule has 0 radical (unpaired) electrons. The van der Waals surface area contributed by atoms with Gasteiger partial charge in [-0.2, -0.15) is 0 Å². The molecule has 5 heteroatoms. The fourth-order valence-electron chi connectivity index (χ4n) is 3.10. The summed E-state index contributed by atoms with van der Waals surface area (Å²) in [5.41, 5.74) is 18.3. The van der Waals surface area contributed by atoms with E-state index in [0.717, 1.165) is 23.1 Å². The zero-order chi connectivity index (χ0) is 20.1. The maximum absolute atomic E-state index is 7.86. The molecule has 5 N–H and O–H groups in total. The SMILES string of the molecule is CC(=N)c1cc(-c2cncc(OCC(N)Cc3ccccc3C)c2)ccc1N. The standard InChI is InChI=1S/C23H26N4O/c1-15-5-3-4-6-17(15)9-20(25)14-28-21-10-19(12-27-13-21)18-7-8-23(26)22(11-18)16(2)24/h3-8,10-13,20,24H,9,14,25-26H2,1-2H3. The number of nitrogen functional groups attached to an aromatic ring is 1. The highest BCUT2D eigenvalue weighted by atomic mass is 16.5. The molecule has 3 aromatic rings. The fraction of sp³-hybridized carbons (Fsp3) is 0.217. The average Bonchev–Trinajstić information content (AvgIpc) is 2.68. The molecular formula is C23H26N4O. The van der Waals surface area contributed by atoms with E-state index in [9.17, 15) is 0 Å². The number of nitrogens with one attached hydrogen (secondary N) is 1. The van der Waals surface area contributed by atoms with Crippen LogP contribution in [0.25, 0.3) is 11.1 Å². The van der Waals surface area contributed by atoms with Crippen molar-refractivity contribution >= 4 is 11.4 Å². The molecule has 0 amide bonds. The number of nitrogens with zero attached hydrogens (tertiary/aromatic N) is 1. The summed E-state index contributed by atoms with van der Waals surface area (Å²) in [6.45, 7) is 4.22. The number of benzene rings is 2. The van der Waals surface area contributed by atoms with Gasteiger partial charge in [-0.3, -0.25) is 4.98 Å². The predicted octanol–water partition coefficient (Wildman–Crippen LogP) is 3.98. The van der Waals surface area contributed by atoms with E-state index in [-0.39, 0.29) is 6.04 Å². The molecule has 0 fully saturated rings. The van der Waals surface area contributed by atoms with Crippen LogP contribution < -0.4 is 16.2 Å². The second kappa shape index (κ2) is 8.67. The first-order chi connectivity index (χ1) is 13.4. The summed E-state index contributed by atoms with van der Waals surface area (Å²) >= 11 is 0. The van der Waals surface area contributed by atoms with Crippen LogP contribution in [-0.4, -0.2) is 23.3 Å². The van der Waals surface area contributed by atoms with Gasteiger partial charge in [-0.1, -0.05) is 30.3 Å². The van der Waals surface area contributed by atoms with Gasteiger partial charge in [-0.15, -0.1) is 0 Å². The molecule has 0 saturated carbocycles. The van der Waals surface area contributed by atoms with Gasteiger partial charge in [0.2, 0.25) is 0 Å². The Morgan fingerprint density at radius 3 is 2.64 bits per heavy atom. The Hall–Kier alpha value is -3.18. The number of pyridine rings is 1. The highest BCUT2D eigenvalue weighted by Gasteiger charge is 2.09. The van der Waals surface area contributed by atoms with Gasteiger partial charge in [-0.25, -0.2) is 0 Å². The number of aryl methyl sites for hydroxylation is 1. The maximum Gasteiger partial charge on any atom is 0.138 e. The van der Waals surface area contributed by atoms with Crippen LogP contribution in [0.4, 0.5) is 5.69 Å². The molecule has 2 aromatic carbocycles. The summed E-state index contributed by atoms with van der Waals surface area (Å²) in [5, 5.41) is 7.86. The van der Waals surface area contributed by atoms with Crippen molar-refractivity contribution in [3.63, 3.8) is 0 Å². The Kier molecular flexibility index (Phi) is 6.06. The summed E-state index contributed by atoms with van der Waals surface area (Å²) in [7, 11) is 0. The van der Waals surface area contributed by atoms with Gasteiger partial charge < -0.3 is 21.6 Å². The van der Waals surface area contributed by atoms with Gasteiger partial charge in [0.1, 0.15) is 12.4 Å². The van der Waals surface area contributed by atoms with Crippen molar-refractivity contribution in [1.29, 1.82) is 5.41 Å². The van der Waals surface area contributed by atoms with Crippen LogP contribution in [-0.2, 0) is 6.42 Å². The molecule has 1 aromatic heterocycles. The van der Waals surface area contributed by atoms with Gasteiger partial charge in [0.15, 0.2) is 0 Å². The summed E-state index contributed by atoms with van der Waals surface area (Å²) in [6.07, 6.45) is 4.22. The van der Waals surface area contributed by atoms with Gasteiger partial charge in [-0.05, 0) is 55.2 Å². The van der Waals surface area contributed by atoms with Crippen molar-refractivity contribution in [2.45, 2.75) is 26.3 Å². The molecular weight excluding hydrogens is 348 g/mol. The number of anilines is 1. The smallest absolute Gasteiger partial charge is 0.138 e. The second-order valence-corrected chi connectivity index (χ2v) is 7.04. The molecule has 1 heterocycles. The lowest BCUT2D eigenvalue weighted by Crippen LogP contribution is -2.30. The maximum atomic E-state index is 7.86. The lowest BCUT2D eigenvalue weighted by atomic mass is 10.0. The highest BCUT2D eigenvalue weighted by Crippen LogP contribution is 2.26. The third-order valence-corrected chi connectivity index (χ3v) is 4.71. The van der Waals surface area contributed by atoms with Crippen molar-refractivity contribution in [3.8, 4) is 16.9 Å². The van der Waals surface area contributed by atoms with Crippen LogP contribution in [0.15, 0.2) is 60.9 Å². The molecule has 0 saturated heterocycles. The summed E-state index contributed by atoms with van der Waals surface area (Å²) in [5.74, 6) is 0.669. The molecule has 3 rings (SSSR count). The molecule has 5 nitrogen and oxygen atoms in total. The first-order valence-electron chi connectivity index (χ1n) is 9.27. The number of ether oxygens (including phenoxy) is 1. The number of aromatic nitrogens is 1. The zero-order valence-corrected chi connectivity index (χ0v) is 16.3. The molecule has 1 unspecified atom stereocenters. The molecule has 0 aliphatic heterocycles. The van der Waals surface area contributed by atoms with E-state index in [4.69, 9.17) is 21.6 Å². The zero-order valence-electron chi connectivity index (χ0n) is 16.3. The largest absolute Gasteiger partial charge is 0.490 e. The predicted molar refractivity (Wildman–Crippen MR) is 115 cm³/mol. The van der Waals surface area contributed by atoms with E-state index in [1.165, 1.54) is 11.1 Å². The van der Waals surface area contributed by atoms with Crippen LogP contribution in [0.5, 0.6) is 5.75 Å². The van der Waals surface area contributed by atoms with E-state index in [0.29, 0.717) is 23.8 Å². The van der Waals surface area contributed by atoms with E-state index in [1.54, 1.807) is 19.3 Å². The molecule has 0 spiro atoms. The van der Waals surface area contributed by atoms with E-state index in [1.807, 2.05) is 36.4 Å². The molecule has 144 valence electrons. The van der Waals surface area contributed by atoms with Crippen LogP contribution in [0.2, 0.25) is 0 Å². The Morgan fingerprint density at radius 2 is 1.89 bits per heavy atom. The summed E-state index contributed by atoms with van der Waals surface area (Å²) < 4.78 is 5.89. The molecule has 0 bridgehead atoms. The normalized spacial score (nSPS) is 11.8. The molecule has 28 heavy (non-hydrogen) atoms. The van der Waals surface area contributed by atoms with Gasteiger partial charge in [0.25, 0.3) is 0 Å². The molecule has 0 aliphatic rings. The van der Waals surface area contributed by atoms with Gasteiger partial charge in [0.05, 0.1) is 6.20 Å². The van der Waals surface area contributed by atoms with Crippen molar-refractivity contribution < 1.29 is 4.74 Å². The number of nitrogens with two attached hydrogens (primary N) is 2. The van der Waals surface area contributed by atoms with Crippen molar-refractivity contribution in [2.24, 2.45) is 5.73 Å². The number of hydrogen-bond acceptors (Lipinski definition) is 5. The van der Waals surface area contributed by atoms with Crippen LogP contribution in [0.3, 0.4) is 0 Å². The Balaban J connectivity index is 1.69. The summed E-state index contributed by atoms with van der Waals surface area (Å²) in [6, 6.07) is 15.7. The lowest BCUT2D eigenvalue weighted by molar-refractivity contribution is 0.286. The lowest BCUT2D eigenvalue weighted by Gasteiger charge is -2.15. The Bertz CT molecular complexity index is 984. The van der Waals surface area contributed by atoms with Gasteiger partial charge in [0, 0.05) is 34.8 Å². The minimum absolute atomic E-state index is 0.103. The second-order valence-electron chi connectivity index (χ2n) is 7.04. The van der Waals surface area contributed by atoms with Crippen LogP contribution >= 0.6 is 0 Å². The Labute approximate surface area is 165 Å². The highest BCUT2D eigenvalue weighted by molar-refractivity contribution is 6.02. The average molecular weight is 374 g/mol. The topological polar surface area (TPSA) is 98.0 Å². The quantitative estimate of drug-likeness (QED) is 0.430. The van der Waals surface area contributed by atoms with Crippen LogP contribution in [0.1, 0.15) is 23.6 Å². The monoisotopic (exact) mass is 374 g/mol. The Morgan fingerprint density at radius 1 is 1.11 bits per heavy atom. The molecule has 0 aliphatic carbocycles. The first kappa shape index (κ1) is 19.6. The fourth-order valence-corrected chi connectivity index (χ4v) is 3.10. The minimum atomic E-state index is -0.103. The van der Waals surface area contributed by atoms with E-state index in [2.05, 4.69) is 24.0 Å². The third kappa shape index (κ3) is 4.75. The number of rotatable bonds is 7. The van der Waals surface area contributed by atoms with Gasteiger partial charge >= 0.3 is 0 Å². The van der Waals surface area contributed by atoms with E-state index < -0.39 is 0 Å². The number of hydrogen-bond donors (Lipinski definition) is 3. The summed E-state index contributed by atoms with van der Waals surface area (Å²) in [4.78, 5) is 4.28. The minimum Gasteiger partial charge on any atom is -0.490 e. The third-order valence-electron chi connectivity index (χ3n) is 4.71. The van der Waals surface area contributed by atoms with Crippen molar-refractivity contribution in [2.75, 3.05) is 12.3 Å². The van der Waals surface area contributed by atoms with Crippen LogP contribution in [0, 0.1) is 12.3 Å².